The number of rotatable bonds is 6. The molecule has 2 aromatic rings. The normalized spacial score (nSPS) is 14.7. The quantitative estimate of drug-likeness (QED) is 0.486. The van der Waals surface area contributed by atoms with Gasteiger partial charge >= 0.3 is 5.91 Å². The molecule has 0 aliphatic heterocycles. The summed E-state index contributed by atoms with van der Waals surface area (Å²) in [6.45, 7) is 1.65. The lowest BCUT2D eigenvalue weighted by molar-refractivity contribution is 0.0921. The second kappa shape index (κ2) is 5.78. The number of nitrogens with one attached hydrogen (secondary N) is 1. The van der Waals surface area contributed by atoms with Crippen LogP contribution in [-0.4, -0.2) is 16.8 Å². The van der Waals surface area contributed by atoms with Crippen LogP contribution >= 0.6 is 11.3 Å². The van der Waals surface area contributed by atoms with Crippen molar-refractivity contribution in [2.24, 2.45) is 5.84 Å². The minimum absolute atomic E-state index is 0.259. The van der Waals surface area contributed by atoms with Crippen LogP contribution in [0.3, 0.4) is 0 Å². The molecule has 1 fully saturated rings. The molecular weight excluding hydrogens is 274 g/mol. The summed E-state index contributed by atoms with van der Waals surface area (Å²) >= 11 is 1.77. The van der Waals surface area contributed by atoms with Crippen molar-refractivity contribution in [3.8, 4) is 0 Å². The van der Waals surface area contributed by atoms with Crippen LogP contribution in [-0.2, 0) is 13.1 Å². The molecular formula is C14H17N3O2S. The van der Waals surface area contributed by atoms with Crippen LogP contribution in [0.15, 0.2) is 34.1 Å². The first kappa shape index (κ1) is 13.4. The zero-order valence-corrected chi connectivity index (χ0v) is 11.9. The van der Waals surface area contributed by atoms with Gasteiger partial charge in [0.25, 0.3) is 0 Å². The molecule has 0 unspecified atom stereocenters. The van der Waals surface area contributed by atoms with Crippen molar-refractivity contribution < 1.29 is 9.21 Å². The van der Waals surface area contributed by atoms with Gasteiger partial charge in [-0.25, -0.2) is 5.84 Å². The molecule has 1 saturated carbocycles. The lowest BCUT2D eigenvalue weighted by Crippen LogP contribution is -2.29. The van der Waals surface area contributed by atoms with Gasteiger partial charge in [-0.2, -0.15) is 0 Å². The Bertz CT molecular complexity index is 575. The zero-order valence-electron chi connectivity index (χ0n) is 11.0. The molecule has 2 aromatic heterocycles. The number of hydrogen-bond donors (Lipinski definition) is 2. The molecule has 1 aliphatic rings. The van der Waals surface area contributed by atoms with E-state index < -0.39 is 5.91 Å². The summed E-state index contributed by atoms with van der Waals surface area (Å²) in [6, 6.07) is 8.35. The molecule has 20 heavy (non-hydrogen) atoms. The molecule has 3 rings (SSSR count). The first-order valence-corrected chi connectivity index (χ1v) is 7.50. The van der Waals surface area contributed by atoms with E-state index in [1.165, 1.54) is 17.7 Å². The van der Waals surface area contributed by atoms with Crippen LogP contribution in [0.1, 0.15) is 34.0 Å². The number of nitrogens with two attached hydrogens (primary N) is 1. The third kappa shape index (κ3) is 3.09. The monoisotopic (exact) mass is 291 g/mol. The number of nitrogens with zero attached hydrogens (tertiary/aromatic N) is 1. The first-order chi connectivity index (χ1) is 9.76. The SMILES string of the molecule is NNC(=O)c1ccc(CN(Cc2cccs2)C2CC2)o1. The van der Waals surface area contributed by atoms with Crippen LogP contribution in [0.5, 0.6) is 0 Å². The maximum absolute atomic E-state index is 11.4. The highest BCUT2D eigenvalue weighted by Crippen LogP contribution is 2.30. The minimum atomic E-state index is -0.396. The Balaban J connectivity index is 1.67. The molecule has 0 spiro atoms. The van der Waals surface area contributed by atoms with Crippen molar-refractivity contribution >= 4 is 17.2 Å². The predicted octanol–water partition coefficient (Wildman–Crippen LogP) is 2.11. The van der Waals surface area contributed by atoms with Gasteiger partial charge in [-0.1, -0.05) is 6.07 Å². The molecule has 5 nitrogen and oxygen atoms in total. The third-order valence-electron chi connectivity index (χ3n) is 3.38. The van der Waals surface area contributed by atoms with Crippen molar-refractivity contribution in [2.75, 3.05) is 0 Å². The van der Waals surface area contributed by atoms with Crippen molar-refractivity contribution in [1.29, 1.82) is 0 Å². The maximum Gasteiger partial charge on any atom is 0.300 e. The van der Waals surface area contributed by atoms with E-state index in [4.69, 9.17) is 10.3 Å². The van der Waals surface area contributed by atoms with Gasteiger partial charge in [0.2, 0.25) is 0 Å². The van der Waals surface area contributed by atoms with Gasteiger partial charge < -0.3 is 4.42 Å². The largest absolute Gasteiger partial charge is 0.455 e. The summed E-state index contributed by atoms with van der Waals surface area (Å²) < 4.78 is 5.53. The smallest absolute Gasteiger partial charge is 0.300 e. The van der Waals surface area contributed by atoms with Crippen molar-refractivity contribution in [3.63, 3.8) is 0 Å². The fourth-order valence-electron chi connectivity index (χ4n) is 2.21. The summed E-state index contributed by atoms with van der Waals surface area (Å²) in [6.07, 6.45) is 2.48. The Morgan fingerprint density at radius 1 is 1.40 bits per heavy atom. The molecule has 0 bridgehead atoms. The van der Waals surface area contributed by atoms with Gasteiger partial charge in [-0.15, -0.1) is 11.3 Å². The second-order valence-electron chi connectivity index (χ2n) is 4.95. The molecule has 0 aromatic carbocycles. The molecule has 2 heterocycles. The number of carbonyl (C=O) groups is 1. The van der Waals surface area contributed by atoms with E-state index in [2.05, 4.69) is 27.8 Å². The third-order valence-corrected chi connectivity index (χ3v) is 4.24. The van der Waals surface area contributed by atoms with Crippen LogP contribution in [0.2, 0.25) is 0 Å². The number of furan rings is 1. The number of thiophene rings is 1. The Hall–Kier alpha value is -1.63. The summed E-state index contributed by atoms with van der Waals surface area (Å²) in [5.41, 5.74) is 2.07. The summed E-state index contributed by atoms with van der Waals surface area (Å²) in [5, 5.41) is 2.09. The van der Waals surface area contributed by atoms with E-state index in [-0.39, 0.29) is 5.76 Å². The Morgan fingerprint density at radius 2 is 2.25 bits per heavy atom. The molecule has 106 valence electrons. The van der Waals surface area contributed by atoms with Gasteiger partial charge in [-0.05, 0) is 36.4 Å². The van der Waals surface area contributed by atoms with E-state index in [0.717, 1.165) is 18.8 Å². The molecule has 0 radical (unpaired) electrons. The first-order valence-electron chi connectivity index (χ1n) is 6.62. The van der Waals surface area contributed by atoms with Gasteiger partial charge in [0, 0.05) is 17.5 Å². The highest BCUT2D eigenvalue weighted by molar-refractivity contribution is 7.09. The molecule has 1 aliphatic carbocycles. The predicted molar refractivity (Wildman–Crippen MR) is 76.9 cm³/mol. The van der Waals surface area contributed by atoms with E-state index in [1.807, 2.05) is 6.07 Å². The van der Waals surface area contributed by atoms with Crippen molar-refractivity contribution in [2.45, 2.75) is 32.0 Å². The molecule has 0 atom stereocenters. The fourth-order valence-corrected chi connectivity index (χ4v) is 2.94. The standard InChI is InChI=1S/C14H17N3O2S/c15-16-14(18)13-6-5-11(19-13)8-17(10-3-4-10)9-12-2-1-7-20-12/h1-2,5-7,10H,3-4,8-9,15H2,(H,16,18). The van der Waals surface area contributed by atoms with Crippen LogP contribution < -0.4 is 11.3 Å². The van der Waals surface area contributed by atoms with Gasteiger partial charge in [0.15, 0.2) is 5.76 Å². The van der Waals surface area contributed by atoms with Gasteiger partial charge in [0.05, 0.1) is 6.54 Å². The number of hydrazine groups is 1. The number of nitrogen functional groups attached to an aromatic ring is 1. The summed E-state index contributed by atoms with van der Waals surface area (Å²) in [4.78, 5) is 15.1. The van der Waals surface area contributed by atoms with Crippen molar-refractivity contribution in [1.82, 2.24) is 10.3 Å². The van der Waals surface area contributed by atoms with Gasteiger partial charge in [0.1, 0.15) is 5.76 Å². The lowest BCUT2D eigenvalue weighted by Gasteiger charge is -2.19. The number of hydrogen-bond acceptors (Lipinski definition) is 5. The number of carbonyl (C=O) groups excluding carboxylic acids is 1. The molecule has 6 heteroatoms. The van der Waals surface area contributed by atoms with Gasteiger partial charge in [-0.3, -0.25) is 15.1 Å². The Kier molecular flexibility index (Phi) is 3.86. The maximum atomic E-state index is 11.4. The zero-order chi connectivity index (χ0) is 13.9. The summed E-state index contributed by atoms with van der Waals surface area (Å²) in [5.74, 6) is 5.76. The molecule has 1 amide bonds. The van der Waals surface area contributed by atoms with Crippen LogP contribution in [0.25, 0.3) is 0 Å². The average Bonchev–Trinajstić information content (AvgIpc) is 2.99. The Morgan fingerprint density at radius 3 is 2.90 bits per heavy atom. The van der Waals surface area contributed by atoms with E-state index in [0.29, 0.717) is 6.04 Å². The van der Waals surface area contributed by atoms with Crippen LogP contribution in [0.4, 0.5) is 0 Å². The van der Waals surface area contributed by atoms with E-state index in [1.54, 1.807) is 17.4 Å². The van der Waals surface area contributed by atoms with Crippen molar-refractivity contribution in [3.05, 3.63) is 46.0 Å². The highest BCUT2D eigenvalue weighted by Gasteiger charge is 2.30. The lowest BCUT2D eigenvalue weighted by atomic mass is 10.3. The van der Waals surface area contributed by atoms with Crippen LogP contribution in [0, 0.1) is 0 Å². The average molecular weight is 291 g/mol. The van der Waals surface area contributed by atoms with E-state index >= 15 is 0 Å². The highest BCUT2D eigenvalue weighted by atomic mass is 32.1. The van der Waals surface area contributed by atoms with E-state index in [9.17, 15) is 4.79 Å². The molecule has 0 saturated heterocycles. The minimum Gasteiger partial charge on any atom is -0.455 e. The molecule has 3 N–H and O–H groups in total. The topological polar surface area (TPSA) is 71.5 Å². The fraction of sp³-hybridized carbons (Fsp3) is 0.357. The summed E-state index contributed by atoms with van der Waals surface area (Å²) in [7, 11) is 0. The second-order valence-corrected chi connectivity index (χ2v) is 5.99. The number of amides is 1. The Labute approximate surface area is 121 Å².